The van der Waals surface area contributed by atoms with Gasteiger partial charge < -0.3 is 4.74 Å². The monoisotopic (exact) mass is 256 g/mol. The molecular weight excluding hydrogens is 232 g/mol. The standard InChI is InChI=1S/C18H24O/c1-5-18(13-12-14(2)3)16-9-7-6-8-15(16)10-11-17(18)19-4/h5-9,11,14H,1,10,12-13H2,2-4H3. The Bertz CT molecular complexity index is 484. The van der Waals surface area contributed by atoms with Crippen molar-refractivity contribution in [1.29, 1.82) is 0 Å². The third-order valence-electron chi connectivity index (χ3n) is 4.13. The van der Waals surface area contributed by atoms with E-state index in [0.29, 0.717) is 5.92 Å². The lowest BCUT2D eigenvalue weighted by molar-refractivity contribution is 0.224. The third kappa shape index (κ3) is 2.47. The average molecular weight is 256 g/mol. The maximum atomic E-state index is 5.68. The SMILES string of the molecule is C=CC1(CCC(C)C)C(OC)=CCc2ccccc21. The molecule has 0 fully saturated rings. The van der Waals surface area contributed by atoms with Crippen LogP contribution in [-0.4, -0.2) is 7.11 Å². The van der Waals surface area contributed by atoms with E-state index in [1.807, 2.05) is 0 Å². The van der Waals surface area contributed by atoms with Crippen LogP contribution in [0, 0.1) is 5.92 Å². The Kier molecular flexibility index (Phi) is 4.14. The summed E-state index contributed by atoms with van der Waals surface area (Å²) in [5.74, 6) is 1.74. The number of hydrogen-bond acceptors (Lipinski definition) is 1. The molecule has 1 unspecified atom stereocenters. The first-order valence-electron chi connectivity index (χ1n) is 7.10. The zero-order valence-electron chi connectivity index (χ0n) is 12.3. The smallest absolute Gasteiger partial charge is 0.106 e. The summed E-state index contributed by atoms with van der Waals surface area (Å²) >= 11 is 0. The van der Waals surface area contributed by atoms with Crippen molar-refractivity contribution in [3.05, 3.63) is 59.9 Å². The predicted molar refractivity (Wildman–Crippen MR) is 81.2 cm³/mol. The summed E-state index contributed by atoms with van der Waals surface area (Å²) in [7, 11) is 1.77. The largest absolute Gasteiger partial charge is 0.500 e. The van der Waals surface area contributed by atoms with Gasteiger partial charge in [0.2, 0.25) is 0 Å². The number of fused-ring (bicyclic) bond motifs is 1. The zero-order chi connectivity index (χ0) is 13.9. The highest BCUT2D eigenvalue weighted by Gasteiger charge is 2.38. The molecule has 0 bridgehead atoms. The van der Waals surface area contributed by atoms with Gasteiger partial charge in [-0.3, -0.25) is 0 Å². The van der Waals surface area contributed by atoms with Gasteiger partial charge in [0.05, 0.1) is 12.5 Å². The second kappa shape index (κ2) is 5.64. The Hall–Kier alpha value is -1.50. The van der Waals surface area contributed by atoms with Crippen molar-refractivity contribution in [2.24, 2.45) is 5.92 Å². The van der Waals surface area contributed by atoms with Gasteiger partial charge in [-0.2, -0.15) is 0 Å². The molecule has 0 aromatic heterocycles. The van der Waals surface area contributed by atoms with Crippen molar-refractivity contribution in [1.82, 2.24) is 0 Å². The van der Waals surface area contributed by atoms with Crippen LogP contribution in [-0.2, 0) is 16.6 Å². The second-order valence-corrected chi connectivity index (χ2v) is 5.74. The van der Waals surface area contributed by atoms with Crippen LogP contribution in [0.4, 0.5) is 0 Å². The molecule has 1 aliphatic carbocycles. The van der Waals surface area contributed by atoms with E-state index in [1.54, 1.807) is 7.11 Å². The fourth-order valence-electron chi connectivity index (χ4n) is 3.00. The van der Waals surface area contributed by atoms with Crippen LogP contribution in [0.2, 0.25) is 0 Å². The average Bonchev–Trinajstić information content (AvgIpc) is 2.44. The fourth-order valence-corrected chi connectivity index (χ4v) is 3.00. The van der Waals surface area contributed by atoms with Crippen LogP contribution in [0.5, 0.6) is 0 Å². The minimum Gasteiger partial charge on any atom is -0.500 e. The Labute approximate surface area is 117 Å². The van der Waals surface area contributed by atoms with Gasteiger partial charge in [0.15, 0.2) is 0 Å². The van der Waals surface area contributed by atoms with Gasteiger partial charge >= 0.3 is 0 Å². The van der Waals surface area contributed by atoms with Crippen molar-refractivity contribution in [2.75, 3.05) is 7.11 Å². The van der Waals surface area contributed by atoms with Gasteiger partial charge in [0, 0.05) is 0 Å². The highest BCUT2D eigenvalue weighted by atomic mass is 16.5. The Morgan fingerprint density at radius 1 is 1.37 bits per heavy atom. The van der Waals surface area contributed by atoms with Crippen LogP contribution in [0.1, 0.15) is 37.8 Å². The summed E-state index contributed by atoms with van der Waals surface area (Å²) < 4.78 is 5.68. The minimum atomic E-state index is -0.145. The lowest BCUT2D eigenvalue weighted by Gasteiger charge is -2.37. The van der Waals surface area contributed by atoms with Crippen molar-refractivity contribution in [2.45, 2.75) is 38.5 Å². The lowest BCUT2D eigenvalue weighted by Crippen LogP contribution is -2.31. The van der Waals surface area contributed by atoms with Crippen molar-refractivity contribution in [3.63, 3.8) is 0 Å². The van der Waals surface area contributed by atoms with Crippen molar-refractivity contribution >= 4 is 0 Å². The first-order chi connectivity index (χ1) is 9.14. The van der Waals surface area contributed by atoms with E-state index >= 15 is 0 Å². The molecule has 19 heavy (non-hydrogen) atoms. The Balaban J connectivity index is 2.48. The molecule has 1 nitrogen and oxygen atoms in total. The molecule has 1 aromatic rings. The molecule has 1 heteroatoms. The van der Waals surface area contributed by atoms with Gasteiger partial charge in [-0.1, -0.05) is 44.2 Å². The quantitative estimate of drug-likeness (QED) is 0.698. The molecule has 2 rings (SSSR count). The molecule has 0 saturated heterocycles. The molecule has 0 aliphatic heterocycles. The van der Waals surface area contributed by atoms with Gasteiger partial charge in [-0.25, -0.2) is 0 Å². The van der Waals surface area contributed by atoms with Crippen LogP contribution < -0.4 is 0 Å². The van der Waals surface area contributed by atoms with E-state index in [0.717, 1.165) is 18.6 Å². The molecule has 1 atom stereocenters. The molecular formula is C18H24O. The van der Waals surface area contributed by atoms with Crippen LogP contribution in [0.25, 0.3) is 0 Å². The van der Waals surface area contributed by atoms with Gasteiger partial charge in [0.25, 0.3) is 0 Å². The molecule has 0 saturated carbocycles. The van der Waals surface area contributed by atoms with Crippen molar-refractivity contribution < 1.29 is 4.74 Å². The van der Waals surface area contributed by atoms with E-state index in [9.17, 15) is 0 Å². The van der Waals surface area contributed by atoms with E-state index in [1.165, 1.54) is 17.5 Å². The van der Waals surface area contributed by atoms with Crippen LogP contribution in [0.15, 0.2) is 48.8 Å². The highest BCUT2D eigenvalue weighted by Crippen LogP contribution is 2.43. The zero-order valence-corrected chi connectivity index (χ0v) is 12.3. The maximum absolute atomic E-state index is 5.68. The number of hydrogen-bond donors (Lipinski definition) is 0. The van der Waals surface area contributed by atoms with Crippen LogP contribution in [0.3, 0.4) is 0 Å². The molecule has 0 radical (unpaired) electrons. The molecule has 1 aromatic carbocycles. The molecule has 0 amide bonds. The lowest BCUT2D eigenvalue weighted by atomic mass is 9.69. The number of ether oxygens (including phenoxy) is 1. The molecule has 0 heterocycles. The predicted octanol–water partition coefficient (Wildman–Crippen LogP) is 4.63. The van der Waals surface area contributed by atoms with E-state index in [-0.39, 0.29) is 5.41 Å². The summed E-state index contributed by atoms with van der Waals surface area (Å²) in [4.78, 5) is 0. The molecule has 102 valence electrons. The minimum absolute atomic E-state index is 0.145. The highest BCUT2D eigenvalue weighted by molar-refractivity contribution is 5.48. The summed E-state index contributed by atoms with van der Waals surface area (Å²) in [6.07, 6.45) is 7.47. The number of methoxy groups -OCH3 is 1. The fraction of sp³-hybridized carbons (Fsp3) is 0.444. The van der Waals surface area contributed by atoms with E-state index in [2.05, 4.69) is 56.8 Å². The third-order valence-corrected chi connectivity index (χ3v) is 4.13. The molecule has 1 aliphatic rings. The van der Waals surface area contributed by atoms with Gasteiger partial charge in [-0.05, 0) is 42.4 Å². The summed E-state index contributed by atoms with van der Waals surface area (Å²) in [5, 5.41) is 0. The second-order valence-electron chi connectivity index (χ2n) is 5.74. The number of benzene rings is 1. The summed E-state index contributed by atoms with van der Waals surface area (Å²) in [6, 6.07) is 8.67. The van der Waals surface area contributed by atoms with Gasteiger partial charge in [0.1, 0.15) is 5.76 Å². The normalized spacial score (nSPS) is 21.8. The Morgan fingerprint density at radius 3 is 2.74 bits per heavy atom. The molecule has 0 spiro atoms. The first kappa shape index (κ1) is 13.9. The Morgan fingerprint density at radius 2 is 2.11 bits per heavy atom. The van der Waals surface area contributed by atoms with E-state index in [4.69, 9.17) is 4.74 Å². The maximum Gasteiger partial charge on any atom is 0.106 e. The first-order valence-corrected chi connectivity index (χ1v) is 7.10. The van der Waals surface area contributed by atoms with Crippen molar-refractivity contribution in [3.8, 4) is 0 Å². The summed E-state index contributed by atoms with van der Waals surface area (Å²) in [5.41, 5.74) is 2.62. The topological polar surface area (TPSA) is 9.23 Å². The van der Waals surface area contributed by atoms with Gasteiger partial charge in [-0.15, -0.1) is 6.58 Å². The number of rotatable bonds is 5. The van der Waals surface area contributed by atoms with Crippen LogP contribution >= 0.6 is 0 Å². The number of allylic oxidation sites excluding steroid dienone is 2. The summed E-state index contributed by atoms with van der Waals surface area (Å²) in [6.45, 7) is 8.64. The molecule has 0 N–H and O–H groups in total. The van der Waals surface area contributed by atoms with E-state index < -0.39 is 0 Å².